The molecule has 0 aliphatic carbocycles. The largest absolute Gasteiger partial charge is 0.445 e. The maximum atomic E-state index is 12.0. The first-order valence-electron chi connectivity index (χ1n) is 14.0. The molecule has 0 atom stereocenters. The van der Waals surface area contributed by atoms with E-state index in [1.54, 1.807) is 0 Å². The summed E-state index contributed by atoms with van der Waals surface area (Å²) in [5, 5.41) is 5.79. The lowest BCUT2D eigenvalue weighted by Gasteiger charge is -2.32. The van der Waals surface area contributed by atoms with E-state index >= 15 is 0 Å². The predicted octanol–water partition coefficient (Wildman–Crippen LogP) is 6.01. The van der Waals surface area contributed by atoms with Gasteiger partial charge < -0.3 is 25.0 Å². The van der Waals surface area contributed by atoms with Crippen LogP contribution < -0.4 is 10.6 Å². The number of hydrogen-bond acceptors (Lipinski definition) is 5. The molecule has 0 spiro atoms. The van der Waals surface area contributed by atoms with Crippen molar-refractivity contribution in [3.8, 4) is 11.8 Å². The van der Waals surface area contributed by atoms with E-state index < -0.39 is 11.7 Å². The van der Waals surface area contributed by atoms with Gasteiger partial charge in [0.15, 0.2) is 0 Å². The summed E-state index contributed by atoms with van der Waals surface area (Å²) in [5.41, 5.74) is 2.44. The van der Waals surface area contributed by atoms with Crippen LogP contribution in [0.5, 0.6) is 0 Å². The third kappa shape index (κ3) is 12.7. The Hall–Kier alpha value is -3.50. The molecule has 2 N–H and O–H groups in total. The molecule has 0 saturated carbocycles. The molecule has 1 aliphatic heterocycles. The lowest BCUT2D eigenvalue weighted by molar-refractivity contribution is 0.0478. The van der Waals surface area contributed by atoms with Crippen LogP contribution in [0.25, 0.3) is 0 Å². The first-order chi connectivity index (χ1) is 18.8. The molecule has 0 unspecified atom stereocenters. The van der Waals surface area contributed by atoms with Crippen molar-refractivity contribution in [3.63, 3.8) is 0 Å². The van der Waals surface area contributed by atoms with Gasteiger partial charge in [0.25, 0.3) is 0 Å². The summed E-state index contributed by atoms with van der Waals surface area (Å²) in [4.78, 5) is 26.4. The molecule has 1 saturated heterocycles. The Balaban J connectivity index is 1.25. The number of piperidine rings is 1. The van der Waals surface area contributed by atoms with Gasteiger partial charge in [0.05, 0.1) is 0 Å². The number of carbonyl (C=O) groups excluding carboxylic acids is 2. The second-order valence-corrected chi connectivity index (χ2v) is 11.0. The molecule has 2 amide bonds. The van der Waals surface area contributed by atoms with Crippen LogP contribution in [0.3, 0.4) is 0 Å². The van der Waals surface area contributed by atoms with Gasteiger partial charge in [-0.2, -0.15) is 0 Å². The van der Waals surface area contributed by atoms with Crippen LogP contribution in [0.15, 0.2) is 54.6 Å². The molecule has 3 rings (SSSR count). The zero-order valence-electron chi connectivity index (χ0n) is 23.6. The van der Waals surface area contributed by atoms with Crippen LogP contribution in [0.1, 0.15) is 76.0 Å². The van der Waals surface area contributed by atoms with Crippen molar-refractivity contribution in [3.05, 3.63) is 71.3 Å². The molecule has 0 bridgehead atoms. The Labute approximate surface area is 233 Å². The number of carbonyl (C=O) groups is 2. The third-order valence-corrected chi connectivity index (χ3v) is 6.39. The summed E-state index contributed by atoms with van der Waals surface area (Å²) in [5.74, 6) is 6.53. The lowest BCUT2D eigenvalue weighted by atomic mass is 10.0. The maximum Gasteiger partial charge on any atom is 0.407 e. The number of ether oxygens (including phenoxy) is 2. The topological polar surface area (TPSA) is 79.9 Å². The predicted molar refractivity (Wildman–Crippen MR) is 154 cm³/mol. The number of benzene rings is 2. The zero-order valence-corrected chi connectivity index (χ0v) is 23.6. The van der Waals surface area contributed by atoms with E-state index in [0.717, 1.165) is 74.8 Å². The van der Waals surface area contributed by atoms with E-state index in [2.05, 4.69) is 27.4 Å². The van der Waals surface area contributed by atoms with Crippen LogP contribution in [0.4, 0.5) is 9.59 Å². The Morgan fingerprint density at radius 3 is 2.44 bits per heavy atom. The van der Waals surface area contributed by atoms with E-state index in [0.29, 0.717) is 6.54 Å². The summed E-state index contributed by atoms with van der Waals surface area (Å²) in [6, 6.07) is 17.8. The molecular formula is C32H43N3O4. The standard InChI is InChI=1S/C32H43N3O4/c1-32(2,3)39-31(37)34-29-18-21-35(22-19-29)20-11-6-4-5-8-13-26-16-12-17-28(23-26)24-33-30(36)38-25-27-14-9-7-10-15-27/h7,9-10,12,14-17,23,29H,4-6,11,18-22,24-25H2,1-3H3,(H,33,36)(H,34,37). The number of rotatable bonds is 10. The van der Waals surface area contributed by atoms with Crippen LogP contribution >= 0.6 is 0 Å². The Morgan fingerprint density at radius 2 is 1.69 bits per heavy atom. The van der Waals surface area contributed by atoms with Gasteiger partial charge in [-0.1, -0.05) is 60.7 Å². The summed E-state index contributed by atoms with van der Waals surface area (Å²) in [7, 11) is 0. The Bertz CT molecular complexity index is 1090. The van der Waals surface area contributed by atoms with Gasteiger partial charge in [-0.15, -0.1) is 0 Å². The Kier molecular flexibility index (Phi) is 12.2. The van der Waals surface area contributed by atoms with Crippen molar-refractivity contribution in [1.82, 2.24) is 15.5 Å². The fraction of sp³-hybridized carbons (Fsp3) is 0.500. The number of amides is 2. The quantitative estimate of drug-likeness (QED) is 0.289. The summed E-state index contributed by atoms with van der Waals surface area (Å²) in [6.45, 7) is 9.41. The van der Waals surface area contributed by atoms with Crippen molar-refractivity contribution >= 4 is 12.2 Å². The number of nitrogens with zero attached hydrogens (tertiary/aromatic N) is 1. The molecule has 2 aromatic carbocycles. The highest BCUT2D eigenvalue weighted by Gasteiger charge is 2.23. The van der Waals surface area contributed by atoms with Crippen molar-refractivity contribution in [1.29, 1.82) is 0 Å². The number of nitrogens with one attached hydrogen (secondary N) is 2. The normalized spacial score (nSPS) is 14.1. The summed E-state index contributed by atoms with van der Waals surface area (Å²) >= 11 is 0. The van der Waals surface area contributed by atoms with Gasteiger partial charge in [0.2, 0.25) is 0 Å². The SMILES string of the molecule is CC(C)(C)OC(=O)NC1CCN(CCCCCC#Cc2cccc(CNC(=O)OCc3ccccc3)c2)CC1. The summed E-state index contributed by atoms with van der Waals surface area (Å²) in [6.07, 6.45) is 5.45. The molecule has 1 aliphatic rings. The van der Waals surface area contributed by atoms with E-state index in [1.807, 2.05) is 75.4 Å². The number of unbranched alkanes of at least 4 members (excludes halogenated alkanes) is 3. The minimum atomic E-state index is -0.461. The van der Waals surface area contributed by atoms with Crippen molar-refractivity contribution in [2.45, 2.75) is 84.1 Å². The van der Waals surface area contributed by atoms with Crippen molar-refractivity contribution in [2.24, 2.45) is 0 Å². The number of hydrogen-bond donors (Lipinski definition) is 2. The van der Waals surface area contributed by atoms with E-state index in [4.69, 9.17) is 9.47 Å². The molecule has 2 aromatic rings. The van der Waals surface area contributed by atoms with E-state index in [9.17, 15) is 9.59 Å². The highest BCUT2D eigenvalue weighted by molar-refractivity contribution is 5.68. The van der Waals surface area contributed by atoms with Crippen LogP contribution in [0, 0.1) is 11.8 Å². The second-order valence-electron chi connectivity index (χ2n) is 11.0. The molecule has 1 heterocycles. The molecule has 7 heteroatoms. The highest BCUT2D eigenvalue weighted by atomic mass is 16.6. The van der Waals surface area contributed by atoms with E-state index in [1.165, 1.54) is 0 Å². The van der Waals surface area contributed by atoms with Gasteiger partial charge in [-0.05, 0) is 76.3 Å². The second kappa shape index (κ2) is 15.8. The van der Waals surface area contributed by atoms with Gasteiger partial charge in [0, 0.05) is 37.7 Å². The minimum Gasteiger partial charge on any atom is -0.445 e. The monoisotopic (exact) mass is 533 g/mol. The summed E-state index contributed by atoms with van der Waals surface area (Å²) < 4.78 is 10.6. The van der Waals surface area contributed by atoms with Gasteiger partial charge in [0.1, 0.15) is 12.2 Å². The first kappa shape index (κ1) is 30.0. The molecular weight excluding hydrogens is 490 g/mol. The zero-order chi connectivity index (χ0) is 27.9. The van der Waals surface area contributed by atoms with Gasteiger partial charge >= 0.3 is 12.2 Å². The van der Waals surface area contributed by atoms with E-state index in [-0.39, 0.29) is 18.7 Å². The maximum absolute atomic E-state index is 12.0. The molecule has 1 fully saturated rings. The van der Waals surface area contributed by atoms with Gasteiger partial charge in [-0.25, -0.2) is 9.59 Å². The fourth-order valence-electron chi connectivity index (χ4n) is 4.37. The average Bonchev–Trinajstić information content (AvgIpc) is 2.91. The van der Waals surface area contributed by atoms with Crippen LogP contribution in [0.2, 0.25) is 0 Å². The molecule has 210 valence electrons. The Morgan fingerprint density at radius 1 is 0.949 bits per heavy atom. The number of likely N-dealkylation sites (tertiary alicyclic amines) is 1. The third-order valence-electron chi connectivity index (χ3n) is 6.39. The average molecular weight is 534 g/mol. The minimum absolute atomic E-state index is 0.203. The molecule has 7 nitrogen and oxygen atoms in total. The van der Waals surface area contributed by atoms with Crippen LogP contribution in [-0.2, 0) is 22.6 Å². The fourth-order valence-corrected chi connectivity index (χ4v) is 4.37. The lowest BCUT2D eigenvalue weighted by Crippen LogP contribution is -2.46. The van der Waals surface area contributed by atoms with Crippen molar-refractivity contribution < 1.29 is 19.1 Å². The van der Waals surface area contributed by atoms with Crippen LogP contribution in [-0.4, -0.2) is 48.4 Å². The number of alkyl carbamates (subject to hydrolysis) is 2. The first-order valence-corrected chi connectivity index (χ1v) is 14.0. The van der Waals surface area contributed by atoms with Crippen molar-refractivity contribution in [2.75, 3.05) is 19.6 Å². The molecule has 39 heavy (non-hydrogen) atoms. The highest BCUT2D eigenvalue weighted by Crippen LogP contribution is 2.14. The smallest absolute Gasteiger partial charge is 0.407 e. The van der Waals surface area contributed by atoms with Gasteiger partial charge in [-0.3, -0.25) is 0 Å². The molecule has 0 radical (unpaired) electrons. The molecule has 0 aromatic heterocycles.